The van der Waals surface area contributed by atoms with Crippen molar-refractivity contribution in [2.24, 2.45) is 13.0 Å². The Morgan fingerprint density at radius 2 is 2.16 bits per heavy atom. The Morgan fingerprint density at radius 1 is 1.47 bits per heavy atom. The highest BCUT2D eigenvalue weighted by Gasteiger charge is 2.17. The summed E-state index contributed by atoms with van der Waals surface area (Å²) in [5.41, 5.74) is 0.505. The zero-order chi connectivity index (χ0) is 14.4. The smallest absolute Gasteiger partial charge is 0.270 e. The summed E-state index contributed by atoms with van der Waals surface area (Å²) in [6.45, 7) is 4.39. The number of rotatable bonds is 7. The predicted molar refractivity (Wildman–Crippen MR) is 78.4 cm³/mol. The number of carbonyl (C=O) groups excluding carboxylic acids is 1. The molecule has 108 valence electrons. The number of aromatic amines is 1. The normalized spacial score (nSPS) is 12.4. The zero-order valence-electron chi connectivity index (χ0n) is 12.1. The van der Waals surface area contributed by atoms with Gasteiger partial charge >= 0.3 is 0 Å². The average Bonchev–Trinajstić information content (AvgIpc) is 2.66. The van der Waals surface area contributed by atoms with Gasteiger partial charge in [0.05, 0.1) is 12.1 Å². The maximum absolute atomic E-state index is 12.0. The maximum Gasteiger partial charge on any atom is 0.270 e. The lowest BCUT2D eigenvalue weighted by molar-refractivity contribution is -0.125. The molecule has 0 aliphatic rings. The van der Waals surface area contributed by atoms with Crippen molar-refractivity contribution < 1.29 is 4.79 Å². The first-order chi connectivity index (χ1) is 9.04. The van der Waals surface area contributed by atoms with Gasteiger partial charge in [0.15, 0.2) is 0 Å². The van der Waals surface area contributed by atoms with Crippen molar-refractivity contribution in [2.45, 2.75) is 44.7 Å². The molecule has 1 heterocycles. The third-order valence-electron chi connectivity index (χ3n) is 3.24. The molecule has 2 N–H and O–H groups in total. The summed E-state index contributed by atoms with van der Waals surface area (Å²) in [6, 6.07) is 0. The molecule has 0 spiro atoms. The van der Waals surface area contributed by atoms with Gasteiger partial charge in [-0.1, -0.05) is 20.3 Å². The van der Waals surface area contributed by atoms with Crippen LogP contribution in [-0.4, -0.2) is 21.9 Å². The van der Waals surface area contributed by atoms with E-state index in [1.807, 2.05) is 13.2 Å². The van der Waals surface area contributed by atoms with Crippen LogP contribution in [0.25, 0.3) is 0 Å². The molecule has 0 saturated carbocycles. The van der Waals surface area contributed by atoms with Crippen molar-refractivity contribution in [3.63, 3.8) is 0 Å². The third kappa shape index (κ3) is 3.89. The van der Waals surface area contributed by atoms with Gasteiger partial charge < -0.3 is 5.32 Å². The lowest BCUT2D eigenvalue weighted by Gasteiger charge is -2.13. The molecule has 0 saturated heterocycles. The summed E-state index contributed by atoms with van der Waals surface area (Å²) in [5.74, 6) is 0.0881. The minimum atomic E-state index is -0.129. The topological polar surface area (TPSA) is 66.9 Å². The molecule has 0 aromatic carbocycles. The molecule has 0 aliphatic heterocycles. The van der Waals surface area contributed by atoms with Crippen molar-refractivity contribution in [3.05, 3.63) is 15.9 Å². The van der Waals surface area contributed by atoms with Gasteiger partial charge in [-0.3, -0.25) is 19.4 Å². The SMILES string of the molecule is CCCC(CC)C(=O)NCc1c(SC)n(C)[nH]c1=O. The van der Waals surface area contributed by atoms with Crippen molar-refractivity contribution in [1.29, 1.82) is 0 Å². The predicted octanol–water partition coefficient (Wildman–Crippen LogP) is 1.88. The Bertz CT molecular complexity index is 479. The van der Waals surface area contributed by atoms with Crippen LogP contribution in [0.3, 0.4) is 0 Å². The van der Waals surface area contributed by atoms with Crippen molar-refractivity contribution >= 4 is 17.7 Å². The second kappa shape index (κ2) is 7.43. The molecule has 0 aliphatic carbocycles. The summed E-state index contributed by atoms with van der Waals surface area (Å²) in [5, 5.41) is 6.46. The average molecular weight is 285 g/mol. The molecule has 19 heavy (non-hydrogen) atoms. The van der Waals surface area contributed by atoms with Crippen LogP contribution in [0.2, 0.25) is 0 Å². The van der Waals surface area contributed by atoms with E-state index >= 15 is 0 Å². The van der Waals surface area contributed by atoms with E-state index in [9.17, 15) is 9.59 Å². The molecule has 1 aromatic rings. The first kappa shape index (κ1) is 15.9. The number of carbonyl (C=O) groups is 1. The Labute approximate surface area is 118 Å². The molecular weight excluding hydrogens is 262 g/mol. The minimum absolute atomic E-state index is 0.0413. The molecule has 5 nitrogen and oxygen atoms in total. The van der Waals surface area contributed by atoms with Crippen molar-refractivity contribution in [2.75, 3.05) is 6.26 Å². The zero-order valence-corrected chi connectivity index (χ0v) is 12.9. The van der Waals surface area contributed by atoms with Crippen LogP contribution in [0.1, 0.15) is 38.7 Å². The maximum atomic E-state index is 12.0. The van der Waals surface area contributed by atoms with Gasteiger partial charge in [0.2, 0.25) is 5.91 Å². The molecule has 0 radical (unpaired) electrons. The summed E-state index contributed by atoms with van der Waals surface area (Å²) >= 11 is 1.50. The standard InChI is InChI=1S/C13H23N3O2S/c1-5-7-9(6-2)11(17)14-8-10-12(18)15-16(3)13(10)19-4/h9H,5-8H2,1-4H3,(H,14,17)(H,15,18). The highest BCUT2D eigenvalue weighted by molar-refractivity contribution is 7.98. The molecule has 1 rings (SSSR count). The van der Waals surface area contributed by atoms with Crippen molar-refractivity contribution in [3.8, 4) is 0 Å². The van der Waals surface area contributed by atoms with Crippen LogP contribution in [0, 0.1) is 5.92 Å². The third-order valence-corrected chi connectivity index (χ3v) is 4.15. The van der Waals surface area contributed by atoms with E-state index in [0.29, 0.717) is 12.1 Å². The number of amides is 1. The van der Waals surface area contributed by atoms with E-state index in [1.54, 1.807) is 11.7 Å². The van der Waals surface area contributed by atoms with Gasteiger partial charge in [-0.25, -0.2) is 0 Å². The number of nitrogens with zero attached hydrogens (tertiary/aromatic N) is 1. The second-order valence-corrected chi connectivity index (χ2v) is 5.39. The molecule has 6 heteroatoms. The number of thioether (sulfide) groups is 1. The van der Waals surface area contributed by atoms with Gasteiger partial charge in [-0.05, 0) is 19.1 Å². The number of nitrogens with one attached hydrogen (secondary N) is 2. The first-order valence-corrected chi connectivity index (χ1v) is 7.87. The second-order valence-electron chi connectivity index (χ2n) is 4.60. The van der Waals surface area contributed by atoms with E-state index in [4.69, 9.17) is 0 Å². The monoisotopic (exact) mass is 285 g/mol. The van der Waals surface area contributed by atoms with E-state index in [1.165, 1.54) is 11.8 Å². The summed E-state index contributed by atoms with van der Waals surface area (Å²) < 4.78 is 1.69. The molecular formula is C13H23N3O2S. The molecule has 1 unspecified atom stereocenters. The Hall–Kier alpha value is -1.17. The van der Waals surface area contributed by atoms with E-state index < -0.39 is 0 Å². The molecule has 0 fully saturated rings. The van der Waals surface area contributed by atoms with Crippen LogP contribution in [-0.2, 0) is 18.4 Å². The number of aromatic nitrogens is 2. The highest BCUT2D eigenvalue weighted by atomic mass is 32.2. The van der Waals surface area contributed by atoms with Crippen LogP contribution in [0.5, 0.6) is 0 Å². The summed E-state index contributed by atoms with van der Waals surface area (Å²) in [6.07, 6.45) is 4.64. The van der Waals surface area contributed by atoms with Crippen molar-refractivity contribution in [1.82, 2.24) is 15.1 Å². The molecule has 1 atom stereocenters. The fourth-order valence-electron chi connectivity index (χ4n) is 2.18. The van der Waals surface area contributed by atoms with Gasteiger partial charge in [0.25, 0.3) is 5.56 Å². The van der Waals surface area contributed by atoms with Crippen LogP contribution in [0.15, 0.2) is 9.82 Å². The summed E-state index contributed by atoms with van der Waals surface area (Å²) in [7, 11) is 1.80. The summed E-state index contributed by atoms with van der Waals surface area (Å²) in [4.78, 5) is 23.8. The highest BCUT2D eigenvalue weighted by Crippen LogP contribution is 2.16. The van der Waals surface area contributed by atoms with Gasteiger partial charge in [-0.15, -0.1) is 11.8 Å². The van der Waals surface area contributed by atoms with E-state index in [-0.39, 0.29) is 17.4 Å². The fraction of sp³-hybridized carbons (Fsp3) is 0.692. The molecule has 0 bridgehead atoms. The molecule has 1 aromatic heterocycles. The van der Waals surface area contributed by atoms with Gasteiger partial charge in [0, 0.05) is 13.0 Å². The number of H-pyrrole nitrogens is 1. The number of hydrogen-bond acceptors (Lipinski definition) is 3. The van der Waals surface area contributed by atoms with Crippen LogP contribution in [0.4, 0.5) is 0 Å². The fourth-order valence-corrected chi connectivity index (χ4v) is 2.91. The van der Waals surface area contributed by atoms with Crippen LogP contribution < -0.4 is 10.9 Å². The Morgan fingerprint density at radius 3 is 2.68 bits per heavy atom. The van der Waals surface area contributed by atoms with Gasteiger partial charge in [-0.2, -0.15) is 0 Å². The van der Waals surface area contributed by atoms with E-state index in [2.05, 4.69) is 17.3 Å². The van der Waals surface area contributed by atoms with Crippen LogP contribution >= 0.6 is 11.8 Å². The van der Waals surface area contributed by atoms with E-state index in [0.717, 1.165) is 24.3 Å². The Kier molecular flexibility index (Phi) is 6.21. The number of hydrogen-bond donors (Lipinski definition) is 2. The quantitative estimate of drug-likeness (QED) is 0.752. The lowest BCUT2D eigenvalue weighted by Crippen LogP contribution is -2.31. The van der Waals surface area contributed by atoms with Gasteiger partial charge in [0.1, 0.15) is 5.03 Å². The molecule has 1 amide bonds. The Balaban J connectivity index is 2.71. The largest absolute Gasteiger partial charge is 0.351 e. The minimum Gasteiger partial charge on any atom is -0.351 e. The first-order valence-electron chi connectivity index (χ1n) is 6.64. The lowest BCUT2D eigenvalue weighted by atomic mass is 10.00. The number of aryl methyl sites for hydroxylation is 1.